The third kappa shape index (κ3) is 4.88. The summed E-state index contributed by atoms with van der Waals surface area (Å²) in [5, 5.41) is 9.27. The number of ether oxygens (including phenoxy) is 3. The summed E-state index contributed by atoms with van der Waals surface area (Å²) < 4.78 is 15.8. The van der Waals surface area contributed by atoms with E-state index in [0.29, 0.717) is 24.5 Å². The first-order valence-corrected chi connectivity index (χ1v) is 7.10. The van der Waals surface area contributed by atoms with Crippen molar-refractivity contribution in [3.8, 4) is 11.8 Å². The highest BCUT2D eigenvalue weighted by atomic mass is 16.7. The van der Waals surface area contributed by atoms with Crippen molar-refractivity contribution in [2.75, 3.05) is 20.5 Å². The molecular weight excluding hydrogens is 278 g/mol. The van der Waals surface area contributed by atoms with Crippen molar-refractivity contribution in [3.63, 3.8) is 0 Å². The van der Waals surface area contributed by atoms with Crippen LogP contribution >= 0.6 is 0 Å². The summed E-state index contributed by atoms with van der Waals surface area (Å²) in [4.78, 5) is 0. The molecule has 2 aromatic rings. The van der Waals surface area contributed by atoms with E-state index >= 15 is 0 Å². The van der Waals surface area contributed by atoms with Crippen LogP contribution in [0, 0.1) is 11.3 Å². The van der Waals surface area contributed by atoms with Gasteiger partial charge in [-0.25, -0.2) is 0 Å². The van der Waals surface area contributed by atoms with Crippen LogP contribution in [0.15, 0.2) is 48.5 Å². The molecule has 0 saturated heterocycles. The van der Waals surface area contributed by atoms with Gasteiger partial charge >= 0.3 is 0 Å². The van der Waals surface area contributed by atoms with Crippen LogP contribution in [0.1, 0.15) is 16.7 Å². The van der Waals surface area contributed by atoms with E-state index in [9.17, 15) is 5.26 Å². The highest BCUT2D eigenvalue weighted by Crippen LogP contribution is 2.21. The number of rotatable bonds is 8. The van der Waals surface area contributed by atoms with Crippen molar-refractivity contribution < 1.29 is 14.2 Å². The largest absolute Gasteiger partial charge is 0.488 e. The Bertz CT molecular complexity index is 620. The molecule has 4 heteroatoms. The second-order valence-corrected chi connectivity index (χ2v) is 4.78. The van der Waals surface area contributed by atoms with Crippen LogP contribution in [-0.4, -0.2) is 20.5 Å². The molecule has 0 spiro atoms. The second-order valence-electron chi connectivity index (χ2n) is 4.78. The van der Waals surface area contributed by atoms with Gasteiger partial charge in [-0.15, -0.1) is 0 Å². The van der Waals surface area contributed by atoms with Crippen LogP contribution in [-0.2, 0) is 22.5 Å². The minimum Gasteiger partial charge on any atom is -0.488 e. The first kappa shape index (κ1) is 16.0. The molecule has 0 bridgehead atoms. The van der Waals surface area contributed by atoms with E-state index in [-0.39, 0.29) is 6.79 Å². The predicted molar refractivity (Wildman–Crippen MR) is 83.5 cm³/mol. The fraction of sp³-hybridized carbons (Fsp3) is 0.278. The molecule has 0 radical (unpaired) electrons. The molecule has 0 saturated carbocycles. The highest BCUT2D eigenvalue weighted by molar-refractivity contribution is 5.45. The van der Waals surface area contributed by atoms with Crippen LogP contribution in [0.3, 0.4) is 0 Å². The van der Waals surface area contributed by atoms with E-state index in [1.165, 1.54) is 0 Å². The van der Waals surface area contributed by atoms with Crippen LogP contribution < -0.4 is 4.74 Å². The summed E-state index contributed by atoms with van der Waals surface area (Å²) in [6.07, 6.45) is 0.733. The Kier molecular flexibility index (Phi) is 6.43. The molecule has 0 heterocycles. The lowest BCUT2D eigenvalue weighted by atomic mass is 10.1. The molecular formula is C18H19NO3. The molecule has 0 aliphatic rings. The molecule has 0 fully saturated rings. The van der Waals surface area contributed by atoms with Crippen molar-refractivity contribution in [1.29, 1.82) is 5.26 Å². The lowest BCUT2D eigenvalue weighted by Crippen LogP contribution is -2.02. The van der Waals surface area contributed by atoms with Crippen LogP contribution in [0.2, 0.25) is 0 Å². The van der Waals surface area contributed by atoms with Gasteiger partial charge < -0.3 is 14.2 Å². The molecule has 2 aromatic carbocycles. The maximum atomic E-state index is 9.27. The van der Waals surface area contributed by atoms with E-state index < -0.39 is 0 Å². The molecule has 0 aliphatic carbocycles. The Balaban J connectivity index is 1.96. The predicted octanol–water partition coefficient (Wildman–Crippen LogP) is 3.30. The molecule has 0 N–H and O–H groups in total. The molecule has 0 aromatic heterocycles. The Morgan fingerprint density at radius 1 is 1.05 bits per heavy atom. The standard InChI is InChI=1S/C18H19NO3/c1-20-14-21-10-9-15-7-8-18(17(11-15)12-19)22-13-16-5-3-2-4-6-16/h2-8,11H,9-10,13-14H2,1H3. The van der Waals surface area contributed by atoms with Crippen molar-refractivity contribution in [2.45, 2.75) is 13.0 Å². The molecule has 22 heavy (non-hydrogen) atoms. The fourth-order valence-electron chi connectivity index (χ4n) is 2.01. The van der Waals surface area contributed by atoms with Gasteiger partial charge in [0.15, 0.2) is 0 Å². The summed E-state index contributed by atoms with van der Waals surface area (Å²) in [6, 6.07) is 17.7. The fourth-order valence-corrected chi connectivity index (χ4v) is 2.01. The second kappa shape index (κ2) is 8.83. The topological polar surface area (TPSA) is 51.5 Å². The van der Waals surface area contributed by atoms with Gasteiger partial charge in [-0.05, 0) is 29.7 Å². The smallest absolute Gasteiger partial charge is 0.146 e. The molecule has 0 unspecified atom stereocenters. The summed E-state index contributed by atoms with van der Waals surface area (Å²) in [5.74, 6) is 0.605. The van der Waals surface area contributed by atoms with Crippen LogP contribution in [0.4, 0.5) is 0 Å². The number of nitrogens with zero attached hydrogens (tertiary/aromatic N) is 1. The van der Waals surface area contributed by atoms with E-state index in [1.807, 2.05) is 48.5 Å². The van der Waals surface area contributed by atoms with Gasteiger partial charge in [0, 0.05) is 7.11 Å². The maximum Gasteiger partial charge on any atom is 0.146 e. The third-order valence-corrected chi connectivity index (χ3v) is 3.14. The van der Waals surface area contributed by atoms with Gasteiger partial charge in [0.25, 0.3) is 0 Å². The summed E-state index contributed by atoms with van der Waals surface area (Å²) in [6.45, 7) is 1.29. The molecule has 2 rings (SSSR count). The van der Waals surface area contributed by atoms with Gasteiger partial charge in [-0.3, -0.25) is 0 Å². The first-order chi connectivity index (χ1) is 10.8. The Labute approximate surface area is 130 Å². The maximum absolute atomic E-state index is 9.27. The number of benzene rings is 2. The zero-order valence-electron chi connectivity index (χ0n) is 12.6. The zero-order chi connectivity index (χ0) is 15.6. The van der Waals surface area contributed by atoms with E-state index in [4.69, 9.17) is 14.2 Å². The van der Waals surface area contributed by atoms with Crippen molar-refractivity contribution in [3.05, 3.63) is 65.2 Å². The first-order valence-electron chi connectivity index (χ1n) is 7.10. The molecule has 0 amide bonds. The average molecular weight is 297 g/mol. The van der Waals surface area contributed by atoms with E-state index in [1.54, 1.807) is 7.11 Å². The zero-order valence-corrected chi connectivity index (χ0v) is 12.6. The third-order valence-electron chi connectivity index (χ3n) is 3.14. The number of hydrogen-bond acceptors (Lipinski definition) is 4. The number of nitriles is 1. The quantitative estimate of drug-likeness (QED) is 0.554. The lowest BCUT2D eigenvalue weighted by Gasteiger charge is -2.10. The van der Waals surface area contributed by atoms with Crippen molar-refractivity contribution in [2.24, 2.45) is 0 Å². The van der Waals surface area contributed by atoms with Gasteiger partial charge in [-0.1, -0.05) is 36.4 Å². The van der Waals surface area contributed by atoms with Crippen molar-refractivity contribution in [1.82, 2.24) is 0 Å². The summed E-state index contributed by atoms with van der Waals surface area (Å²) in [7, 11) is 1.59. The van der Waals surface area contributed by atoms with Gasteiger partial charge in [-0.2, -0.15) is 5.26 Å². The van der Waals surface area contributed by atoms with Crippen LogP contribution in [0.25, 0.3) is 0 Å². The summed E-state index contributed by atoms with van der Waals surface area (Å²) in [5.41, 5.74) is 2.66. The monoisotopic (exact) mass is 297 g/mol. The number of hydrogen-bond donors (Lipinski definition) is 0. The number of methoxy groups -OCH3 is 1. The minimum absolute atomic E-state index is 0.281. The molecule has 0 atom stereocenters. The van der Waals surface area contributed by atoms with Gasteiger partial charge in [0.2, 0.25) is 0 Å². The molecule has 114 valence electrons. The Morgan fingerprint density at radius 3 is 2.59 bits per heavy atom. The summed E-state index contributed by atoms with van der Waals surface area (Å²) >= 11 is 0. The molecule has 4 nitrogen and oxygen atoms in total. The SMILES string of the molecule is COCOCCc1ccc(OCc2ccccc2)c(C#N)c1. The van der Waals surface area contributed by atoms with Crippen molar-refractivity contribution >= 4 is 0 Å². The average Bonchev–Trinajstić information content (AvgIpc) is 2.58. The van der Waals surface area contributed by atoms with Crippen LogP contribution in [0.5, 0.6) is 5.75 Å². The van der Waals surface area contributed by atoms with Gasteiger partial charge in [0.1, 0.15) is 25.2 Å². The van der Waals surface area contributed by atoms with E-state index in [2.05, 4.69) is 6.07 Å². The highest BCUT2D eigenvalue weighted by Gasteiger charge is 2.05. The molecule has 0 aliphatic heterocycles. The Hall–Kier alpha value is -2.35. The van der Waals surface area contributed by atoms with E-state index in [0.717, 1.165) is 17.5 Å². The normalized spacial score (nSPS) is 10.2. The Morgan fingerprint density at radius 2 is 1.86 bits per heavy atom. The minimum atomic E-state index is 0.281. The lowest BCUT2D eigenvalue weighted by molar-refractivity contribution is -0.0291. The van der Waals surface area contributed by atoms with Gasteiger partial charge in [0.05, 0.1) is 12.2 Å².